The topological polar surface area (TPSA) is 61.4 Å². The molecule has 0 fully saturated rings. The van der Waals surface area contributed by atoms with Gasteiger partial charge in [0.15, 0.2) is 0 Å². The average Bonchev–Trinajstić information content (AvgIpc) is 2.44. The minimum atomic E-state index is -0.522. The van der Waals surface area contributed by atoms with Crippen LogP contribution in [0, 0.1) is 6.92 Å². The SMILES string of the molecule is CC(=O)NC(CSc1ccc(C)cc1)C(=O)NCCN(C)C. The Morgan fingerprint density at radius 1 is 1.23 bits per heavy atom. The maximum atomic E-state index is 12.2. The zero-order valence-corrected chi connectivity index (χ0v) is 14.5. The molecule has 0 radical (unpaired) electrons. The van der Waals surface area contributed by atoms with Crippen molar-refractivity contribution in [2.24, 2.45) is 0 Å². The second-order valence-electron chi connectivity index (χ2n) is 5.47. The van der Waals surface area contributed by atoms with Crippen LogP contribution in [-0.2, 0) is 9.59 Å². The molecule has 0 spiro atoms. The van der Waals surface area contributed by atoms with E-state index in [1.807, 2.05) is 50.2 Å². The van der Waals surface area contributed by atoms with Crippen molar-refractivity contribution in [3.63, 3.8) is 0 Å². The summed E-state index contributed by atoms with van der Waals surface area (Å²) in [7, 11) is 3.90. The largest absolute Gasteiger partial charge is 0.353 e. The molecule has 1 unspecified atom stereocenters. The maximum Gasteiger partial charge on any atom is 0.243 e. The zero-order chi connectivity index (χ0) is 16.5. The van der Waals surface area contributed by atoms with E-state index in [1.165, 1.54) is 12.5 Å². The molecule has 0 aliphatic rings. The predicted octanol–water partition coefficient (Wildman–Crippen LogP) is 1.27. The number of nitrogens with one attached hydrogen (secondary N) is 2. The van der Waals surface area contributed by atoms with Gasteiger partial charge in [-0.2, -0.15) is 0 Å². The lowest BCUT2D eigenvalue weighted by Crippen LogP contribution is -2.48. The molecular weight excluding hydrogens is 298 g/mol. The van der Waals surface area contributed by atoms with Gasteiger partial charge < -0.3 is 15.5 Å². The first-order valence-corrected chi connectivity index (χ1v) is 8.26. The summed E-state index contributed by atoms with van der Waals surface area (Å²) in [5, 5.41) is 5.57. The minimum Gasteiger partial charge on any atom is -0.353 e. The second-order valence-corrected chi connectivity index (χ2v) is 6.56. The van der Waals surface area contributed by atoms with Crippen molar-refractivity contribution in [1.82, 2.24) is 15.5 Å². The molecule has 22 heavy (non-hydrogen) atoms. The van der Waals surface area contributed by atoms with Crippen LogP contribution in [0.15, 0.2) is 29.2 Å². The monoisotopic (exact) mass is 323 g/mol. The number of thioether (sulfide) groups is 1. The first kappa shape index (κ1) is 18.5. The predicted molar refractivity (Wildman–Crippen MR) is 91.1 cm³/mol. The van der Waals surface area contributed by atoms with Crippen LogP contribution in [0.2, 0.25) is 0 Å². The first-order valence-electron chi connectivity index (χ1n) is 7.27. The highest BCUT2D eigenvalue weighted by atomic mass is 32.2. The number of rotatable bonds is 8. The molecular formula is C16H25N3O2S. The van der Waals surface area contributed by atoms with E-state index in [2.05, 4.69) is 10.6 Å². The Morgan fingerprint density at radius 3 is 2.41 bits per heavy atom. The van der Waals surface area contributed by atoms with E-state index >= 15 is 0 Å². The molecule has 1 rings (SSSR count). The van der Waals surface area contributed by atoms with Gasteiger partial charge in [-0.25, -0.2) is 0 Å². The summed E-state index contributed by atoms with van der Waals surface area (Å²) < 4.78 is 0. The Hall–Kier alpha value is -1.53. The van der Waals surface area contributed by atoms with Gasteiger partial charge in [-0.15, -0.1) is 11.8 Å². The highest BCUT2D eigenvalue weighted by Crippen LogP contribution is 2.19. The van der Waals surface area contributed by atoms with Gasteiger partial charge in [0.05, 0.1) is 0 Å². The fourth-order valence-corrected chi connectivity index (χ4v) is 2.69. The Kier molecular flexibility index (Phi) is 7.98. The molecule has 0 aliphatic heterocycles. The first-order chi connectivity index (χ1) is 10.4. The Balaban J connectivity index is 2.53. The van der Waals surface area contributed by atoms with E-state index in [-0.39, 0.29) is 11.8 Å². The third-order valence-corrected chi connectivity index (χ3v) is 4.10. The lowest BCUT2D eigenvalue weighted by molar-refractivity contribution is -0.127. The van der Waals surface area contributed by atoms with E-state index in [0.29, 0.717) is 12.3 Å². The molecule has 0 aromatic heterocycles. The Labute approximate surface area is 136 Å². The molecule has 1 aromatic rings. The molecule has 0 aliphatic carbocycles. The van der Waals surface area contributed by atoms with Crippen molar-refractivity contribution in [3.8, 4) is 0 Å². The molecule has 122 valence electrons. The Morgan fingerprint density at radius 2 is 1.86 bits per heavy atom. The summed E-state index contributed by atoms with van der Waals surface area (Å²) in [6.07, 6.45) is 0. The second kappa shape index (κ2) is 9.48. The smallest absolute Gasteiger partial charge is 0.243 e. The lowest BCUT2D eigenvalue weighted by Gasteiger charge is -2.18. The number of amides is 2. The van der Waals surface area contributed by atoms with Crippen LogP contribution in [0.1, 0.15) is 12.5 Å². The molecule has 1 atom stereocenters. The van der Waals surface area contributed by atoms with Crippen LogP contribution in [-0.4, -0.2) is 55.7 Å². The fraction of sp³-hybridized carbons (Fsp3) is 0.500. The number of likely N-dealkylation sites (N-methyl/N-ethyl adjacent to an activating group) is 1. The summed E-state index contributed by atoms with van der Waals surface area (Å²) in [5.41, 5.74) is 1.20. The Bertz CT molecular complexity index is 489. The molecule has 0 saturated heterocycles. The van der Waals surface area contributed by atoms with E-state index in [4.69, 9.17) is 0 Å². The van der Waals surface area contributed by atoms with E-state index < -0.39 is 6.04 Å². The molecule has 1 aromatic carbocycles. The van der Waals surface area contributed by atoms with Crippen molar-refractivity contribution < 1.29 is 9.59 Å². The van der Waals surface area contributed by atoms with Gasteiger partial charge in [-0.3, -0.25) is 9.59 Å². The summed E-state index contributed by atoms with van der Waals surface area (Å²) in [5.74, 6) is 0.171. The number of carbonyl (C=O) groups excluding carboxylic acids is 2. The van der Waals surface area contributed by atoms with Crippen molar-refractivity contribution >= 4 is 23.6 Å². The molecule has 6 heteroatoms. The number of benzene rings is 1. The summed E-state index contributed by atoms with van der Waals surface area (Å²) in [6, 6.07) is 7.59. The maximum absolute atomic E-state index is 12.2. The van der Waals surface area contributed by atoms with Gasteiger partial charge in [0.25, 0.3) is 0 Å². The van der Waals surface area contributed by atoms with Crippen LogP contribution in [0.4, 0.5) is 0 Å². The summed E-state index contributed by atoms with van der Waals surface area (Å²) >= 11 is 1.56. The van der Waals surface area contributed by atoms with E-state index in [1.54, 1.807) is 11.8 Å². The summed E-state index contributed by atoms with van der Waals surface area (Å²) in [4.78, 5) is 26.5. The number of hydrogen-bond donors (Lipinski definition) is 2. The molecule has 0 saturated carbocycles. The highest BCUT2D eigenvalue weighted by molar-refractivity contribution is 7.99. The van der Waals surface area contributed by atoms with Crippen LogP contribution >= 0.6 is 11.8 Å². The summed E-state index contributed by atoms with van der Waals surface area (Å²) in [6.45, 7) is 4.80. The van der Waals surface area contributed by atoms with Crippen molar-refractivity contribution in [3.05, 3.63) is 29.8 Å². The molecule has 0 bridgehead atoms. The van der Waals surface area contributed by atoms with E-state index in [9.17, 15) is 9.59 Å². The van der Waals surface area contributed by atoms with Gasteiger partial charge in [-0.05, 0) is 33.2 Å². The molecule has 2 N–H and O–H groups in total. The molecule has 5 nitrogen and oxygen atoms in total. The van der Waals surface area contributed by atoms with Crippen molar-refractivity contribution in [1.29, 1.82) is 0 Å². The van der Waals surface area contributed by atoms with Crippen molar-refractivity contribution in [2.75, 3.05) is 32.9 Å². The average molecular weight is 323 g/mol. The number of nitrogens with zero attached hydrogens (tertiary/aromatic N) is 1. The van der Waals surface area contributed by atoms with Gasteiger partial charge in [0.1, 0.15) is 6.04 Å². The highest BCUT2D eigenvalue weighted by Gasteiger charge is 2.19. The fourth-order valence-electron chi connectivity index (χ4n) is 1.77. The number of carbonyl (C=O) groups is 2. The normalized spacial score (nSPS) is 12.0. The standard InChI is InChI=1S/C16H25N3O2S/c1-12-5-7-14(8-6-12)22-11-15(18-13(2)20)16(21)17-9-10-19(3)4/h5-8,15H,9-11H2,1-4H3,(H,17,21)(H,18,20). The quantitative estimate of drug-likeness (QED) is 0.707. The number of hydrogen-bond acceptors (Lipinski definition) is 4. The van der Waals surface area contributed by atoms with Crippen LogP contribution in [0.3, 0.4) is 0 Å². The third kappa shape index (κ3) is 7.47. The zero-order valence-electron chi connectivity index (χ0n) is 13.7. The molecule has 0 heterocycles. The van der Waals surface area contributed by atoms with Gasteiger partial charge >= 0.3 is 0 Å². The lowest BCUT2D eigenvalue weighted by atomic mass is 10.2. The minimum absolute atomic E-state index is 0.142. The van der Waals surface area contributed by atoms with Gasteiger partial charge in [0.2, 0.25) is 11.8 Å². The van der Waals surface area contributed by atoms with Crippen molar-refractivity contribution in [2.45, 2.75) is 24.8 Å². The van der Waals surface area contributed by atoms with Gasteiger partial charge in [0, 0.05) is 30.7 Å². The number of aryl methyl sites for hydroxylation is 1. The van der Waals surface area contributed by atoms with Gasteiger partial charge in [-0.1, -0.05) is 17.7 Å². The van der Waals surface area contributed by atoms with Crippen LogP contribution in [0.25, 0.3) is 0 Å². The third-order valence-electron chi connectivity index (χ3n) is 2.99. The van der Waals surface area contributed by atoms with E-state index in [0.717, 1.165) is 11.4 Å². The molecule has 2 amide bonds. The van der Waals surface area contributed by atoms with Crippen LogP contribution < -0.4 is 10.6 Å². The van der Waals surface area contributed by atoms with Crippen LogP contribution in [0.5, 0.6) is 0 Å².